The van der Waals surface area contributed by atoms with Crippen molar-refractivity contribution in [3.8, 4) is 11.4 Å². The summed E-state index contributed by atoms with van der Waals surface area (Å²) >= 11 is 1.35. The normalized spacial score (nSPS) is 15.2. The Bertz CT molecular complexity index is 1010. The van der Waals surface area contributed by atoms with E-state index in [1.165, 1.54) is 17.8 Å². The Morgan fingerprint density at radius 1 is 1.10 bits per heavy atom. The number of hydrogen-bond acceptors (Lipinski definition) is 5. The van der Waals surface area contributed by atoms with E-state index in [4.69, 9.17) is 4.74 Å². The lowest BCUT2D eigenvalue weighted by Crippen LogP contribution is -2.44. The molecule has 0 saturated carbocycles. The van der Waals surface area contributed by atoms with Crippen LogP contribution in [0, 0.1) is 5.82 Å². The quantitative estimate of drug-likeness (QED) is 0.565. The molecule has 1 fully saturated rings. The zero-order valence-corrected chi connectivity index (χ0v) is 17.5. The van der Waals surface area contributed by atoms with Crippen LogP contribution in [-0.4, -0.2) is 57.1 Å². The second-order valence-electron chi connectivity index (χ2n) is 7.06. The Labute approximate surface area is 179 Å². The third-order valence-corrected chi connectivity index (χ3v) is 6.04. The fourth-order valence-electron chi connectivity index (χ4n) is 3.38. The van der Waals surface area contributed by atoms with Gasteiger partial charge in [0.1, 0.15) is 5.82 Å². The van der Waals surface area contributed by atoms with Gasteiger partial charge in [-0.05, 0) is 24.6 Å². The molecule has 156 valence electrons. The summed E-state index contributed by atoms with van der Waals surface area (Å²) < 4.78 is 21.7. The molecule has 1 unspecified atom stereocenters. The number of morpholine rings is 1. The van der Waals surface area contributed by atoms with Crippen molar-refractivity contribution < 1.29 is 13.9 Å². The maximum atomic E-state index is 14.5. The molecule has 0 aliphatic carbocycles. The van der Waals surface area contributed by atoms with E-state index in [-0.39, 0.29) is 17.0 Å². The second-order valence-corrected chi connectivity index (χ2v) is 8.36. The number of hydrogen-bond donors (Lipinski definition) is 0. The summed E-state index contributed by atoms with van der Waals surface area (Å²) in [5.74, 6) is 0.142. The van der Waals surface area contributed by atoms with Crippen LogP contribution in [0.4, 0.5) is 4.39 Å². The molecular formula is C22H23FN4O2S. The molecule has 2 heterocycles. The van der Waals surface area contributed by atoms with Crippen LogP contribution in [0.15, 0.2) is 59.8 Å². The van der Waals surface area contributed by atoms with E-state index in [1.807, 2.05) is 46.7 Å². The highest BCUT2D eigenvalue weighted by Gasteiger charge is 2.26. The highest BCUT2D eigenvalue weighted by atomic mass is 32.2. The van der Waals surface area contributed by atoms with Crippen LogP contribution in [0.3, 0.4) is 0 Å². The third-order valence-electron chi connectivity index (χ3n) is 4.97. The largest absolute Gasteiger partial charge is 0.378 e. The first-order valence-electron chi connectivity index (χ1n) is 9.88. The highest BCUT2D eigenvalue weighted by molar-refractivity contribution is 8.00. The van der Waals surface area contributed by atoms with E-state index >= 15 is 0 Å². The van der Waals surface area contributed by atoms with Crippen molar-refractivity contribution in [3.05, 3.63) is 66.0 Å². The molecule has 3 aromatic rings. The Kier molecular flexibility index (Phi) is 6.44. The lowest BCUT2D eigenvalue weighted by Gasteiger charge is -2.28. The lowest BCUT2D eigenvalue weighted by molar-refractivity contribution is -0.134. The van der Waals surface area contributed by atoms with Gasteiger partial charge < -0.3 is 9.64 Å². The monoisotopic (exact) mass is 426 g/mol. The summed E-state index contributed by atoms with van der Waals surface area (Å²) in [7, 11) is 0. The van der Waals surface area contributed by atoms with Crippen molar-refractivity contribution in [2.75, 3.05) is 26.3 Å². The number of nitrogens with zero attached hydrogens (tertiary/aromatic N) is 4. The van der Waals surface area contributed by atoms with Crippen molar-refractivity contribution in [3.63, 3.8) is 0 Å². The Morgan fingerprint density at radius 3 is 2.53 bits per heavy atom. The molecule has 1 atom stereocenters. The van der Waals surface area contributed by atoms with Crippen molar-refractivity contribution in [1.29, 1.82) is 0 Å². The van der Waals surface area contributed by atoms with Gasteiger partial charge in [0.15, 0.2) is 11.0 Å². The smallest absolute Gasteiger partial charge is 0.236 e. The Morgan fingerprint density at radius 2 is 1.80 bits per heavy atom. The minimum atomic E-state index is -0.354. The van der Waals surface area contributed by atoms with Crippen LogP contribution in [0.2, 0.25) is 0 Å². The molecule has 30 heavy (non-hydrogen) atoms. The van der Waals surface area contributed by atoms with Crippen LogP contribution in [0.25, 0.3) is 11.4 Å². The molecule has 0 spiro atoms. The number of thioether (sulfide) groups is 1. The highest BCUT2D eigenvalue weighted by Crippen LogP contribution is 2.29. The van der Waals surface area contributed by atoms with Crippen molar-refractivity contribution in [2.45, 2.75) is 23.9 Å². The lowest BCUT2D eigenvalue weighted by atomic mass is 10.2. The number of benzene rings is 2. The molecule has 0 bridgehead atoms. The third kappa shape index (κ3) is 4.55. The van der Waals surface area contributed by atoms with Crippen LogP contribution in [-0.2, 0) is 16.1 Å². The number of carbonyl (C=O) groups is 1. The molecule has 4 rings (SSSR count). The summed E-state index contributed by atoms with van der Waals surface area (Å²) in [6.07, 6.45) is 0. The van der Waals surface area contributed by atoms with E-state index in [1.54, 1.807) is 18.2 Å². The molecule has 0 N–H and O–H groups in total. The predicted molar refractivity (Wildman–Crippen MR) is 114 cm³/mol. The summed E-state index contributed by atoms with van der Waals surface area (Å²) in [6, 6.07) is 16.4. The Balaban J connectivity index is 1.63. The zero-order valence-electron chi connectivity index (χ0n) is 16.7. The average molecular weight is 427 g/mol. The van der Waals surface area contributed by atoms with Gasteiger partial charge in [-0.15, -0.1) is 10.2 Å². The van der Waals surface area contributed by atoms with Crippen molar-refractivity contribution >= 4 is 17.7 Å². The van der Waals surface area contributed by atoms with Gasteiger partial charge in [-0.2, -0.15) is 0 Å². The van der Waals surface area contributed by atoms with E-state index in [0.29, 0.717) is 49.4 Å². The molecule has 1 aromatic heterocycles. The maximum Gasteiger partial charge on any atom is 0.236 e. The minimum Gasteiger partial charge on any atom is -0.378 e. The van der Waals surface area contributed by atoms with Gasteiger partial charge in [-0.25, -0.2) is 4.39 Å². The summed E-state index contributed by atoms with van der Waals surface area (Å²) in [4.78, 5) is 14.7. The van der Waals surface area contributed by atoms with Gasteiger partial charge >= 0.3 is 0 Å². The second kappa shape index (κ2) is 9.40. The van der Waals surface area contributed by atoms with Crippen molar-refractivity contribution in [2.24, 2.45) is 0 Å². The number of rotatable bonds is 6. The maximum absolute atomic E-state index is 14.5. The average Bonchev–Trinajstić information content (AvgIpc) is 3.16. The van der Waals surface area contributed by atoms with Crippen LogP contribution in [0.1, 0.15) is 12.5 Å². The summed E-state index contributed by atoms with van der Waals surface area (Å²) in [6.45, 7) is 4.67. The predicted octanol–water partition coefficient (Wildman–Crippen LogP) is 3.47. The summed E-state index contributed by atoms with van der Waals surface area (Å²) in [5.41, 5.74) is 1.43. The number of halogens is 1. The number of ether oxygens (including phenoxy) is 1. The SMILES string of the molecule is CC(Sc1nnc(-c2ccccc2F)n1Cc1ccccc1)C(=O)N1CCOCC1. The molecule has 1 aliphatic rings. The van der Waals surface area contributed by atoms with E-state index in [9.17, 15) is 9.18 Å². The number of carbonyl (C=O) groups excluding carboxylic acids is 1. The van der Waals surface area contributed by atoms with Crippen LogP contribution < -0.4 is 0 Å². The first kappa shape index (κ1) is 20.6. The standard InChI is InChI=1S/C22H23FN4O2S/c1-16(21(28)26-11-13-29-14-12-26)30-22-25-24-20(18-9-5-6-10-19(18)23)27(22)15-17-7-3-2-4-8-17/h2-10,16H,11-15H2,1H3. The van der Waals surface area contributed by atoms with Gasteiger partial charge in [0.25, 0.3) is 0 Å². The molecule has 8 heteroatoms. The van der Waals surface area contributed by atoms with Gasteiger partial charge in [0, 0.05) is 13.1 Å². The van der Waals surface area contributed by atoms with E-state index in [2.05, 4.69) is 10.2 Å². The molecular weight excluding hydrogens is 403 g/mol. The minimum absolute atomic E-state index is 0.0463. The first-order chi connectivity index (χ1) is 14.6. The van der Waals surface area contributed by atoms with Crippen LogP contribution >= 0.6 is 11.8 Å². The fourth-order valence-corrected chi connectivity index (χ4v) is 4.31. The number of aromatic nitrogens is 3. The van der Waals surface area contributed by atoms with Gasteiger partial charge in [0.2, 0.25) is 5.91 Å². The molecule has 1 amide bonds. The van der Waals surface area contributed by atoms with E-state index < -0.39 is 0 Å². The molecule has 1 saturated heterocycles. The fraction of sp³-hybridized carbons (Fsp3) is 0.318. The summed E-state index contributed by atoms with van der Waals surface area (Å²) in [5, 5.41) is 8.84. The van der Waals surface area contributed by atoms with Gasteiger partial charge in [-0.3, -0.25) is 9.36 Å². The topological polar surface area (TPSA) is 60.2 Å². The molecule has 6 nitrogen and oxygen atoms in total. The van der Waals surface area contributed by atoms with Crippen LogP contribution in [0.5, 0.6) is 0 Å². The Hall–Kier alpha value is -2.71. The molecule has 1 aliphatic heterocycles. The molecule has 0 radical (unpaired) electrons. The first-order valence-corrected chi connectivity index (χ1v) is 10.8. The van der Waals surface area contributed by atoms with Crippen molar-refractivity contribution in [1.82, 2.24) is 19.7 Å². The number of amides is 1. The molecule has 2 aromatic carbocycles. The zero-order chi connectivity index (χ0) is 20.9. The van der Waals surface area contributed by atoms with Gasteiger partial charge in [-0.1, -0.05) is 54.2 Å². The van der Waals surface area contributed by atoms with E-state index in [0.717, 1.165) is 5.56 Å². The van der Waals surface area contributed by atoms with Gasteiger partial charge in [0.05, 0.1) is 30.6 Å².